The van der Waals surface area contributed by atoms with Crippen molar-refractivity contribution in [2.45, 2.75) is 59.0 Å². The maximum Gasteiger partial charge on any atom is 0.321 e. The maximum absolute atomic E-state index is 12.7. The quantitative estimate of drug-likeness (QED) is 0.558. The van der Waals surface area contributed by atoms with Crippen LogP contribution in [0.1, 0.15) is 58.4 Å². The Labute approximate surface area is 203 Å². The number of nitrogens with one attached hydrogen (secondary N) is 1. The van der Waals surface area contributed by atoms with Crippen molar-refractivity contribution in [2.75, 3.05) is 25.5 Å². The summed E-state index contributed by atoms with van der Waals surface area (Å²) in [5.41, 5.74) is 3.64. The molecule has 1 saturated heterocycles. The van der Waals surface area contributed by atoms with Crippen LogP contribution in [0.15, 0.2) is 48.2 Å². The second-order valence-corrected chi connectivity index (χ2v) is 10.4. The molecule has 1 aromatic heterocycles. The van der Waals surface area contributed by atoms with Crippen LogP contribution in [0.25, 0.3) is 6.08 Å². The molecule has 2 heterocycles. The van der Waals surface area contributed by atoms with Gasteiger partial charge in [-0.05, 0) is 67.2 Å². The van der Waals surface area contributed by atoms with Crippen molar-refractivity contribution in [1.29, 1.82) is 0 Å². The monoisotopic (exact) mass is 463 g/mol. The third-order valence-corrected chi connectivity index (χ3v) is 7.08. The van der Waals surface area contributed by atoms with E-state index in [4.69, 9.17) is 9.47 Å². The lowest BCUT2D eigenvalue weighted by Gasteiger charge is -2.34. The minimum absolute atomic E-state index is 0.0936. The van der Waals surface area contributed by atoms with Gasteiger partial charge in [-0.15, -0.1) is 0 Å². The lowest BCUT2D eigenvalue weighted by atomic mass is 9.76. The van der Waals surface area contributed by atoms with Crippen LogP contribution in [0.5, 0.6) is 11.6 Å². The smallest absolute Gasteiger partial charge is 0.321 e. The number of hydrogen-bond acceptors (Lipinski definition) is 4. The molecule has 182 valence electrons. The number of anilines is 1. The topological polar surface area (TPSA) is 63.7 Å². The van der Waals surface area contributed by atoms with Gasteiger partial charge in [0.05, 0.1) is 25.1 Å². The standard InChI is InChI=1S/C28H37N3O3/c1-20-19-31(27(32)30-23-8-9-26(33-4)29-18-23)15-12-22(20)16-21-6-5-7-25(17-21)34-24-10-13-28(2,3)14-11-24/h5-9,16-18,20,24H,10-15,19H2,1-4H3,(H,30,32). The van der Waals surface area contributed by atoms with Crippen LogP contribution < -0.4 is 14.8 Å². The summed E-state index contributed by atoms with van der Waals surface area (Å²) in [4.78, 5) is 18.7. The van der Waals surface area contributed by atoms with Gasteiger partial charge in [-0.3, -0.25) is 0 Å². The summed E-state index contributed by atoms with van der Waals surface area (Å²) in [6.45, 7) is 8.27. The van der Waals surface area contributed by atoms with E-state index in [-0.39, 0.29) is 6.03 Å². The lowest BCUT2D eigenvalue weighted by Crippen LogP contribution is -2.42. The number of amides is 2. The second kappa shape index (κ2) is 10.5. The average Bonchev–Trinajstić information content (AvgIpc) is 2.82. The van der Waals surface area contributed by atoms with Crippen molar-refractivity contribution < 1.29 is 14.3 Å². The van der Waals surface area contributed by atoms with Crippen LogP contribution in [-0.2, 0) is 0 Å². The van der Waals surface area contributed by atoms with Crippen molar-refractivity contribution in [3.63, 3.8) is 0 Å². The summed E-state index contributed by atoms with van der Waals surface area (Å²) in [5, 5.41) is 2.93. The molecule has 0 radical (unpaired) electrons. The number of piperidine rings is 1. The Hall–Kier alpha value is -3.02. The second-order valence-electron chi connectivity index (χ2n) is 10.4. The van der Waals surface area contributed by atoms with Crippen LogP contribution in [-0.4, -0.2) is 42.2 Å². The summed E-state index contributed by atoms with van der Waals surface area (Å²) in [6.07, 6.45) is 9.74. The van der Waals surface area contributed by atoms with Gasteiger partial charge in [0, 0.05) is 19.2 Å². The molecule has 2 amide bonds. The van der Waals surface area contributed by atoms with Gasteiger partial charge in [0.1, 0.15) is 5.75 Å². The Morgan fingerprint density at radius 2 is 2.00 bits per heavy atom. The zero-order valence-electron chi connectivity index (χ0n) is 20.8. The van der Waals surface area contributed by atoms with Gasteiger partial charge < -0.3 is 19.7 Å². The first-order valence-electron chi connectivity index (χ1n) is 12.3. The van der Waals surface area contributed by atoms with E-state index in [0.29, 0.717) is 42.1 Å². The molecule has 2 aromatic rings. The Morgan fingerprint density at radius 1 is 1.21 bits per heavy atom. The normalized spacial score (nSPS) is 21.8. The summed E-state index contributed by atoms with van der Waals surface area (Å²) < 4.78 is 11.4. The molecule has 0 bridgehead atoms. The molecule has 1 aromatic carbocycles. The zero-order chi connectivity index (χ0) is 24.1. The van der Waals surface area contributed by atoms with Gasteiger partial charge in [-0.1, -0.05) is 44.6 Å². The highest BCUT2D eigenvalue weighted by atomic mass is 16.5. The number of methoxy groups -OCH3 is 1. The molecule has 2 aliphatic rings. The SMILES string of the molecule is COc1ccc(NC(=O)N2CCC(=Cc3cccc(OC4CCC(C)(C)CC4)c3)C(C)C2)cn1. The highest BCUT2D eigenvalue weighted by Gasteiger charge is 2.28. The Morgan fingerprint density at radius 3 is 2.68 bits per heavy atom. The van der Waals surface area contributed by atoms with Gasteiger partial charge >= 0.3 is 6.03 Å². The Bertz CT molecular complexity index is 1010. The van der Waals surface area contributed by atoms with Gasteiger partial charge in [0.25, 0.3) is 0 Å². The van der Waals surface area contributed by atoms with Gasteiger partial charge in [0.15, 0.2) is 0 Å². The predicted octanol–water partition coefficient (Wildman–Crippen LogP) is 6.40. The fourth-order valence-electron chi connectivity index (χ4n) is 4.80. The van der Waals surface area contributed by atoms with Gasteiger partial charge in [-0.25, -0.2) is 9.78 Å². The first kappa shape index (κ1) is 24.1. The molecule has 1 aliphatic heterocycles. The van der Waals surface area contributed by atoms with Crippen LogP contribution in [0.4, 0.5) is 10.5 Å². The number of carbonyl (C=O) groups is 1. The number of rotatable bonds is 5. The molecular formula is C28H37N3O3. The summed E-state index contributed by atoms with van der Waals surface area (Å²) in [7, 11) is 1.57. The van der Waals surface area contributed by atoms with Crippen molar-refractivity contribution >= 4 is 17.8 Å². The van der Waals surface area contributed by atoms with E-state index in [1.54, 1.807) is 25.4 Å². The minimum atomic E-state index is -0.0936. The van der Waals surface area contributed by atoms with E-state index in [0.717, 1.165) is 30.6 Å². The van der Waals surface area contributed by atoms with Gasteiger partial charge in [-0.2, -0.15) is 0 Å². The first-order chi connectivity index (χ1) is 16.3. The molecule has 2 fully saturated rings. The van der Waals surface area contributed by atoms with E-state index in [1.807, 2.05) is 4.90 Å². The molecule has 1 unspecified atom stereocenters. The fourth-order valence-corrected chi connectivity index (χ4v) is 4.80. The Kier molecular flexibility index (Phi) is 7.44. The predicted molar refractivity (Wildman–Crippen MR) is 136 cm³/mol. The number of urea groups is 1. The molecule has 1 saturated carbocycles. The van der Waals surface area contributed by atoms with Gasteiger partial charge in [0.2, 0.25) is 5.88 Å². The molecule has 1 atom stereocenters. The number of benzene rings is 1. The van der Waals surface area contributed by atoms with E-state index in [1.165, 1.54) is 18.4 Å². The summed E-state index contributed by atoms with van der Waals surface area (Å²) >= 11 is 0. The number of hydrogen-bond donors (Lipinski definition) is 1. The number of aromatic nitrogens is 1. The van der Waals surface area contributed by atoms with Crippen LogP contribution >= 0.6 is 0 Å². The maximum atomic E-state index is 12.7. The van der Waals surface area contributed by atoms with E-state index < -0.39 is 0 Å². The minimum Gasteiger partial charge on any atom is -0.490 e. The van der Waals surface area contributed by atoms with E-state index in [2.05, 4.69) is 61.4 Å². The lowest BCUT2D eigenvalue weighted by molar-refractivity contribution is 0.0987. The summed E-state index contributed by atoms with van der Waals surface area (Å²) in [5.74, 6) is 1.77. The molecular weight excluding hydrogens is 426 g/mol. The average molecular weight is 464 g/mol. The van der Waals surface area contributed by atoms with Crippen molar-refractivity contribution in [1.82, 2.24) is 9.88 Å². The third-order valence-electron chi connectivity index (χ3n) is 7.08. The number of carbonyl (C=O) groups excluding carboxylic acids is 1. The number of likely N-dealkylation sites (tertiary alicyclic amines) is 1. The molecule has 0 spiro atoms. The fraction of sp³-hybridized carbons (Fsp3) is 0.500. The summed E-state index contributed by atoms with van der Waals surface area (Å²) in [6, 6.07) is 11.9. The number of pyridine rings is 1. The number of nitrogens with zero attached hydrogens (tertiary/aromatic N) is 2. The number of ether oxygens (including phenoxy) is 2. The van der Waals surface area contributed by atoms with Crippen molar-refractivity contribution in [2.24, 2.45) is 11.3 Å². The highest BCUT2D eigenvalue weighted by molar-refractivity contribution is 5.89. The molecule has 6 nitrogen and oxygen atoms in total. The molecule has 1 N–H and O–H groups in total. The molecule has 6 heteroatoms. The first-order valence-corrected chi connectivity index (χ1v) is 12.3. The van der Waals surface area contributed by atoms with Crippen molar-refractivity contribution in [3.05, 3.63) is 53.7 Å². The van der Waals surface area contributed by atoms with Crippen LogP contribution in [0.3, 0.4) is 0 Å². The van der Waals surface area contributed by atoms with Crippen LogP contribution in [0.2, 0.25) is 0 Å². The van der Waals surface area contributed by atoms with Crippen LogP contribution in [0, 0.1) is 11.3 Å². The zero-order valence-corrected chi connectivity index (χ0v) is 20.8. The largest absolute Gasteiger partial charge is 0.490 e. The third kappa shape index (κ3) is 6.31. The molecule has 4 rings (SSSR count). The van der Waals surface area contributed by atoms with E-state index in [9.17, 15) is 4.79 Å². The van der Waals surface area contributed by atoms with Crippen molar-refractivity contribution in [3.8, 4) is 11.6 Å². The molecule has 1 aliphatic carbocycles. The molecule has 34 heavy (non-hydrogen) atoms. The highest BCUT2D eigenvalue weighted by Crippen LogP contribution is 2.36. The Balaban J connectivity index is 1.33. The van der Waals surface area contributed by atoms with E-state index >= 15 is 0 Å².